The van der Waals surface area contributed by atoms with E-state index in [4.69, 9.17) is 4.52 Å². The number of aliphatic hydroxyl groups excluding tert-OH is 1. The number of nitrogens with zero attached hydrogens (tertiary/aromatic N) is 3. The number of hydrogen-bond acceptors (Lipinski definition) is 5. The summed E-state index contributed by atoms with van der Waals surface area (Å²) < 4.78 is 5.31. The van der Waals surface area contributed by atoms with Crippen molar-refractivity contribution in [2.75, 3.05) is 0 Å². The fraction of sp³-hybridized carbons (Fsp3) is 0.500. The molecular weight excluding hydrogens is 242 g/mol. The van der Waals surface area contributed by atoms with Crippen molar-refractivity contribution in [1.82, 2.24) is 15.1 Å². The molecule has 0 aliphatic heterocycles. The van der Waals surface area contributed by atoms with E-state index in [1.165, 1.54) is 0 Å². The van der Waals surface area contributed by atoms with Gasteiger partial charge in [-0.15, -0.1) is 0 Å². The molecule has 0 fully saturated rings. The standard InChI is InChI=1S/C14H19N3O2/c1-8(2)12(10(4)18)14-16-13(17-19-14)11-7-15-6-5-9(11)3/h5-8,10,12,18H,1-4H3. The molecule has 0 aromatic carbocycles. The highest BCUT2D eigenvalue weighted by Crippen LogP contribution is 2.28. The highest BCUT2D eigenvalue weighted by atomic mass is 16.5. The van der Waals surface area contributed by atoms with Gasteiger partial charge in [0.15, 0.2) is 0 Å². The minimum absolute atomic E-state index is 0.154. The molecule has 2 aromatic heterocycles. The Hall–Kier alpha value is -1.75. The van der Waals surface area contributed by atoms with Gasteiger partial charge in [0.05, 0.1) is 12.0 Å². The minimum Gasteiger partial charge on any atom is -0.393 e. The lowest BCUT2D eigenvalue weighted by Crippen LogP contribution is -2.20. The summed E-state index contributed by atoms with van der Waals surface area (Å²) in [4.78, 5) is 8.48. The van der Waals surface area contributed by atoms with Gasteiger partial charge < -0.3 is 9.63 Å². The number of hydrogen-bond donors (Lipinski definition) is 1. The van der Waals surface area contributed by atoms with Gasteiger partial charge in [-0.3, -0.25) is 4.98 Å². The lowest BCUT2D eigenvalue weighted by Gasteiger charge is -2.19. The summed E-state index contributed by atoms with van der Waals surface area (Å²) in [6, 6.07) is 1.90. The predicted molar refractivity (Wildman–Crippen MR) is 71.5 cm³/mol. The van der Waals surface area contributed by atoms with Gasteiger partial charge in [0.2, 0.25) is 11.7 Å². The Morgan fingerprint density at radius 3 is 2.58 bits per heavy atom. The van der Waals surface area contributed by atoms with Gasteiger partial charge in [-0.25, -0.2) is 0 Å². The Bertz CT molecular complexity index is 541. The van der Waals surface area contributed by atoms with Crippen LogP contribution in [0.1, 0.15) is 38.1 Å². The van der Waals surface area contributed by atoms with Crippen LogP contribution in [0.2, 0.25) is 0 Å². The van der Waals surface area contributed by atoms with Crippen molar-refractivity contribution in [2.24, 2.45) is 5.92 Å². The quantitative estimate of drug-likeness (QED) is 0.915. The maximum atomic E-state index is 9.83. The lowest BCUT2D eigenvalue weighted by atomic mass is 9.91. The molecule has 0 amide bonds. The molecule has 2 aromatic rings. The molecule has 0 aliphatic carbocycles. The van der Waals surface area contributed by atoms with E-state index in [1.54, 1.807) is 19.3 Å². The molecule has 0 bridgehead atoms. The molecule has 102 valence electrons. The van der Waals surface area contributed by atoms with Crippen LogP contribution in [-0.2, 0) is 0 Å². The third-order valence-electron chi connectivity index (χ3n) is 3.24. The van der Waals surface area contributed by atoms with Gasteiger partial charge in [0.25, 0.3) is 0 Å². The van der Waals surface area contributed by atoms with E-state index in [0.29, 0.717) is 11.7 Å². The van der Waals surface area contributed by atoms with E-state index in [2.05, 4.69) is 15.1 Å². The molecule has 5 nitrogen and oxygen atoms in total. The number of aliphatic hydroxyl groups is 1. The summed E-state index contributed by atoms with van der Waals surface area (Å²) in [6.07, 6.45) is 2.92. The molecular formula is C14H19N3O2. The molecule has 0 spiro atoms. The number of pyridine rings is 1. The summed E-state index contributed by atoms with van der Waals surface area (Å²) in [5.74, 6) is 1.07. The molecule has 1 N–H and O–H groups in total. The molecule has 0 radical (unpaired) electrons. The Morgan fingerprint density at radius 2 is 2.00 bits per heavy atom. The average Bonchev–Trinajstić information content (AvgIpc) is 2.77. The van der Waals surface area contributed by atoms with Crippen molar-refractivity contribution in [2.45, 2.75) is 39.7 Å². The van der Waals surface area contributed by atoms with Crippen molar-refractivity contribution in [3.05, 3.63) is 29.9 Å². The molecule has 19 heavy (non-hydrogen) atoms. The predicted octanol–water partition coefficient (Wildman–Crippen LogP) is 2.56. The smallest absolute Gasteiger partial charge is 0.232 e. The van der Waals surface area contributed by atoms with E-state index in [0.717, 1.165) is 11.1 Å². The third-order valence-corrected chi connectivity index (χ3v) is 3.24. The van der Waals surface area contributed by atoms with Crippen molar-refractivity contribution in [1.29, 1.82) is 0 Å². The SMILES string of the molecule is Cc1ccncc1-c1noc(C(C(C)C)C(C)O)n1. The summed E-state index contributed by atoms with van der Waals surface area (Å²) in [5, 5.41) is 13.8. The van der Waals surface area contributed by atoms with Crippen LogP contribution in [0.25, 0.3) is 11.4 Å². The van der Waals surface area contributed by atoms with Crippen LogP contribution in [0, 0.1) is 12.8 Å². The maximum Gasteiger partial charge on any atom is 0.232 e. The second-order valence-corrected chi connectivity index (χ2v) is 5.16. The van der Waals surface area contributed by atoms with E-state index in [9.17, 15) is 5.11 Å². The number of aryl methyl sites for hydroxylation is 1. The Morgan fingerprint density at radius 1 is 1.26 bits per heavy atom. The maximum absolute atomic E-state index is 9.83. The van der Waals surface area contributed by atoms with Crippen LogP contribution >= 0.6 is 0 Å². The zero-order valence-electron chi connectivity index (χ0n) is 11.7. The van der Waals surface area contributed by atoms with E-state index < -0.39 is 6.10 Å². The monoisotopic (exact) mass is 261 g/mol. The van der Waals surface area contributed by atoms with Gasteiger partial charge in [-0.05, 0) is 31.4 Å². The molecule has 2 heterocycles. The lowest BCUT2D eigenvalue weighted by molar-refractivity contribution is 0.120. The van der Waals surface area contributed by atoms with Crippen molar-refractivity contribution in [3.8, 4) is 11.4 Å². The van der Waals surface area contributed by atoms with Crippen LogP contribution in [0.15, 0.2) is 23.0 Å². The topological polar surface area (TPSA) is 72.0 Å². The zero-order chi connectivity index (χ0) is 14.0. The van der Waals surface area contributed by atoms with Crippen molar-refractivity contribution >= 4 is 0 Å². The second-order valence-electron chi connectivity index (χ2n) is 5.16. The first-order valence-electron chi connectivity index (χ1n) is 6.43. The number of aromatic nitrogens is 3. The fourth-order valence-electron chi connectivity index (χ4n) is 2.23. The van der Waals surface area contributed by atoms with E-state index in [1.807, 2.05) is 26.8 Å². The molecule has 0 saturated carbocycles. The van der Waals surface area contributed by atoms with E-state index in [-0.39, 0.29) is 11.8 Å². The molecule has 2 unspecified atom stereocenters. The second kappa shape index (κ2) is 5.48. The normalized spacial score (nSPS) is 14.6. The van der Waals surface area contributed by atoms with Gasteiger partial charge in [0.1, 0.15) is 0 Å². The molecule has 2 rings (SSSR count). The third kappa shape index (κ3) is 2.81. The number of rotatable bonds is 4. The Labute approximate surface area is 112 Å². The van der Waals surface area contributed by atoms with Gasteiger partial charge in [-0.1, -0.05) is 19.0 Å². The van der Waals surface area contributed by atoms with E-state index >= 15 is 0 Å². The summed E-state index contributed by atoms with van der Waals surface area (Å²) >= 11 is 0. The summed E-state index contributed by atoms with van der Waals surface area (Å²) in [5.41, 5.74) is 1.89. The highest BCUT2D eigenvalue weighted by Gasteiger charge is 2.27. The zero-order valence-corrected chi connectivity index (χ0v) is 11.7. The first-order valence-corrected chi connectivity index (χ1v) is 6.43. The van der Waals surface area contributed by atoms with Crippen LogP contribution < -0.4 is 0 Å². The summed E-state index contributed by atoms with van der Waals surface area (Å²) in [7, 11) is 0. The van der Waals surface area contributed by atoms with Crippen LogP contribution in [0.3, 0.4) is 0 Å². The average molecular weight is 261 g/mol. The highest BCUT2D eigenvalue weighted by molar-refractivity contribution is 5.57. The first kappa shape index (κ1) is 13.7. The molecule has 0 saturated heterocycles. The minimum atomic E-state index is -0.525. The van der Waals surface area contributed by atoms with Crippen LogP contribution in [0.4, 0.5) is 0 Å². The fourth-order valence-corrected chi connectivity index (χ4v) is 2.23. The van der Waals surface area contributed by atoms with Gasteiger partial charge in [-0.2, -0.15) is 4.98 Å². The van der Waals surface area contributed by atoms with Gasteiger partial charge in [0, 0.05) is 18.0 Å². The summed E-state index contributed by atoms with van der Waals surface area (Å²) in [6.45, 7) is 7.76. The van der Waals surface area contributed by atoms with Crippen LogP contribution in [-0.4, -0.2) is 26.3 Å². The molecule has 0 aliphatic rings. The van der Waals surface area contributed by atoms with Crippen LogP contribution in [0.5, 0.6) is 0 Å². The Kier molecular flexibility index (Phi) is 3.95. The Balaban J connectivity index is 2.36. The van der Waals surface area contributed by atoms with Gasteiger partial charge >= 0.3 is 0 Å². The molecule has 5 heteroatoms. The first-order chi connectivity index (χ1) is 9.00. The van der Waals surface area contributed by atoms with Crippen molar-refractivity contribution in [3.63, 3.8) is 0 Å². The van der Waals surface area contributed by atoms with Crippen molar-refractivity contribution < 1.29 is 9.63 Å². The molecule has 2 atom stereocenters. The largest absolute Gasteiger partial charge is 0.393 e.